The van der Waals surface area contributed by atoms with Gasteiger partial charge in [0, 0.05) is 30.1 Å². The van der Waals surface area contributed by atoms with Gasteiger partial charge in [0.05, 0.1) is 10.2 Å². The number of para-hydroxylation sites is 2. The normalized spacial score (nSPS) is 13.4. The third kappa shape index (κ3) is 5.13. The lowest BCUT2D eigenvalue weighted by Crippen LogP contribution is -2.29. The maximum atomic E-state index is 13.9. The number of halogens is 1. The highest BCUT2D eigenvalue weighted by atomic mass is 32.1. The first-order valence-electron chi connectivity index (χ1n) is 12.1. The number of aromatic nitrogens is 1. The Bertz CT molecular complexity index is 1530. The van der Waals surface area contributed by atoms with Crippen LogP contribution in [-0.2, 0) is 24.3 Å². The third-order valence-electron chi connectivity index (χ3n) is 6.34. The van der Waals surface area contributed by atoms with Crippen LogP contribution < -0.4 is 10.1 Å². The van der Waals surface area contributed by atoms with Crippen LogP contribution in [0.3, 0.4) is 0 Å². The molecule has 0 unspecified atom stereocenters. The second-order valence-electron chi connectivity index (χ2n) is 8.91. The second kappa shape index (κ2) is 10.4. The fourth-order valence-corrected chi connectivity index (χ4v) is 7.01. The van der Waals surface area contributed by atoms with Crippen molar-refractivity contribution in [2.45, 2.75) is 19.5 Å². The number of carbonyl (C=O) groups is 1. The average molecular weight is 530 g/mol. The molecule has 0 aliphatic carbocycles. The standard InChI is InChI=1S/C29H24FN3O2S2/c30-21-10-4-6-12-23(21)35-18-26(34)32-29-27(28-31-22-11-5-7-13-24(22)36-28)20-14-15-33(17-25(20)37-29)16-19-8-2-1-3-9-19/h1-13H,14-18H2,(H,32,34). The molecule has 6 rings (SSSR count). The summed E-state index contributed by atoms with van der Waals surface area (Å²) in [5.41, 5.74) is 4.48. The summed E-state index contributed by atoms with van der Waals surface area (Å²) < 4.78 is 20.5. The topological polar surface area (TPSA) is 54.5 Å². The fraction of sp³-hybridized carbons (Fsp3) is 0.172. The number of fused-ring (bicyclic) bond motifs is 2. The molecule has 1 aliphatic rings. The van der Waals surface area contributed by atoms with Gasteiger partial charge in [-0.1, -0.05) is 54.6 Å². The number of rotatable bonds is 7. The maximum absolute atomic E-state index is 13.9. The fourth-order valence-electron chi connectivity index (χ4n) is 4.59. The summed E-state index contributed by atoms with van der Waals surface area (Å²) in [6.07, 6.45) is 0.880. The van der Waals surface area contributed by atoms with E-state index in [1.807, 2.05) is 24.3 Å². The average Bonchev–Trinajstić information content (AvgIpc) is 3.49. The van der Waals surface area contributed by atoms with Gasteiger partial charge in [0.1, 0.15) is 10.0 Å². The number of nitrogens with one attached hydrogen (secondary N) is 1. The summed E-state index contributed by atoms with van der Waals surface area (Å²) in [5.74, 6) is -0.757. The largest absolute Gasteiger partial charge is 0.481 e. The van der Waals surface area contributed by atoms with E-state index >= 15 is 0 Å². The summed E-state index contributed by atoms with van der Waals surface area (Å²) in [5, 5.41) is 4.72. The number of thiophene rings is 1. The van der Waals surface area contributed by atoms with Crippen molar-refractivity contribution in [1.29, 1.82) is 0 Å². The highest BCUT2D eigenvalue weighted by Crippen LogP contribution is 2.45. The molecule has 3 aromatic carbocycles. The molecule has 1 aliphatic heterocycles. The van der Waals surface area contributed by atoms with Crippen LogP contribution in [-0.4, -0.2) is 28.9 Å². The number of hydrogen-bond acceptors (Lipinski definition) is 6. The van der Waals surface area contributed by atoms with Crippen molar-refractivity contribution in [2.24, 2.45) is 0 Å². The van der Waals surface area contributed by atoms with E-state index in [4.69, 9.17) is 9.72 Å². The van der Waals surface area contributed by atoms with Crippen LogP contribution in [0.2, 0.25) is 0 Å². The van der Waals surface area contributed by atoms with E-state index in [1.54, 1.807) is 34.8 Å². The zero-order valence-electron chi connectivity index (χ0n) is 19.9. The first kappa shape index (κ1) is 23.8. The Morgan fingerprint density at radius 2 is 1.78 bits per heavy atom. The van der Waals surface area contributed by atoms with E-state index in [2.05, 4.69) is 40.5 Å². The number of hydrogen-bond donors (Lipinski definition) is 1. The van der Waals surface area contributed by atoms with Crippen LogP contribution in [0.4, 0.5) is 9.39 Å². The lowest BCUT2D eigenvalue weighted by Gasteiger charge is -2.27. The summed E-state index contributed by atoms with van der Waals surface area (Å²) in [4.78, 5) is 21.5. The van der Waals surface area contributed by atoms with Crippen molar-refractivity contribution in [1.82, 2.24) is 9.88 Å². The number of carbonyl (C=O) groups excluding carboxylic acids is 1. The van der Waals surface area contributed by atoms with Crippen molar-refractivity contribution in [2.75, 3.05) is 18.5 Å². The van der Waals surface area contributed by atoms with Crippen LogP contribution in [0.15, 0.2) is 78.9 Å². The van der Waals surface area contributed by atoms with Crippen molar-refractivity contribution in [3.63, 3.8) is 0 Å². The van der Waals surface area contributed by atoms with Crippen LogP contribution in [0.1, 0.15) is 16.0 Å². The number of thiazole rings is 1. The van der Waals surface area contributed by atoms with Gasteiger partial charge in [-0.05, 0) is 41.8 Å². The monoisotopic (exact) mass is 529 g/mol. The summed E-state index contributed by atoms with van der Waals surface area (Å²) in [6, 6.07) is 24.6. The van der Waals surface area contributed by atoms with Gasteiger partial charge in [-0.25, -0.2) is 9.37 Å². The molecule has 0 saturated carbocycles. The molecular formula is C29H24FN3O2S2. The SMILES string of the molecule is O=C(COc1ccccc1F)Nc1sc2c(c1-c1nc3ccccc3s1)CCN(Cc1ccccc1)C2. The molecule has 0 atom stereocenters. The summed E-state index contributed by atoms with van der Waals surface area (Å²) in [6.45, 7) is 2.35. The molecule has 0 saturated heterocycles. The molecule has 3 heterocycles. The van der Waals surface area contributed by atoms with Gasteiger partial charge < -0.3 is 10.1 Å². The Balaban J connectivity index is 1.28. The third-order valence-corrected chi connectivity index (χ3v) is 8.53. The van der Waals surface area contributed by atoms with E-state index in [0.29, 0.717) is 0 Å². The van der Waals surface area contributed by atoms with Gasteiger partial charge in [-0.3, -0.25) is 9.69 Å². The van der Waals surface area contributed by atoms with E-state index in [0.717, 1.165) is 51.8 Å². The Labute approximate surface area is 222 Å². The summed E-state index contributed by atoms with van der Waals surface area (Å²) in [7, 11) is 0. The molecular weight excluding hydrogens is 505 g/mol. The predicted octanol–water partition coefficient (Wildman–Crippen LogP) is 6.74. The molecule has 0 fully saturated rings. The Morgan fingerprint density at radius 3 is 2.62 bits per heavy atom. The lowest BCUT2D eigenvalue weighted by atomic mass is 10.0. The number of nitrogens with zero attached hydrogens (tertiary/aromatic N) is 2. The molecule has 8 heteroatoms. The van der Waals surface area contributed by atoms with Crippen LogP contribution in [0.25, 0.3) is 20.8 Å². The number of amides is 1. The van der Waals surface area contributed by atoms with Crippen molar-refractivity contribution in [3.05, 3.63) is 101 Å². The van der Waals surface area contributed by atoms with Gasteiger partial charge in [0.2, 0.25) is 0 Å². The molecule has 0 spiro atoms. The maximum Gasteiger partial charge on any atom is 0.262 e. The minimum Gasteiger partial charge on any atom is -0.481 e. The Kier molecular flexibility index (Phi) is 6.70. The Morgan fingerprint density at radius 1 is 1.00 bits per heavy atom. The molecule has 5 nitrogen and oxygen atoms in total. The first-order valence-corrected chi connectivity index (χ1v) is 13.7. The molecule has 1 amide bonds. The quantitative estimate of drug-likeness (QED) is 0.254. The van der Waals surface area contributed by atoms with Crippen molar-refractivity contribution in [3.8, 4) is 16.3 Å². The number of ether oxygens (including phenoxy) is 1. The molecule has 0 bridgehead atoms. The molecule has 1 N–H and O–H groups in total. The smallest absolute Gasteiger partial charge is 0.262 e. The number of benzene rings is 3. The second-order valence-corrected chi connectivity index (χ2v) is 11.0. The zero-order valence-corrected chi connectivity index (χ0v) is 21.6. The zero-order chi connectivity index (χ0) is 25.2. The highest BCUT2D eigenvalue weighted by Gasteiger charge is 2.28. The van der Waals surface area contributed by atoms with Crippen LogP contribution >= 0.6 is 22.7 Å². The molecule has 2 aromatic heterocycles. The minimum absolute atomic E-state index is 0.0612. The summed E-state index contributed by atoms with van der Waals surface area (Å²) >= 11 is 3.23. The molecule has 186 valence electrons. The van der Waals surface area contributed by atoms with Gasteiger partial charge in [-0.2, -0.15) is 0 Å². The van der Waals surface area contributed by atoms with Gasteiger partial charge in [0.15, 0.2) is 18.2 Å². The molecule has 0 radical (unpaired) electrons. The minimum atomic E-state index is -0.490. The molecule has 5 aromatic rings. The first-order chi connectivity index (χ1) is 18.1. The van der Waals surface area contributed by atoms with Crippen LogP contribution in [0, 0.1) is 5.82 Å². The number of anilines is 1. The van der Waals surface area contributed by atoms with Gasteiger partial charge in [0.25, 0.3) is 5.91 Å². The lowest BCUT2D eigenvalue weighted by molar-refractivity contribution is -0.118. The van der Waals surface area contributed by atoms with Crippen LogP contribution in [0.5, 0.6) is 5.75 Å². The van der Waals surface area contributed by atoms with Crippen molar-refractivity contribution < 1.29 is 13.9 Å². The van der Waals surface area contributed by atoms with Gasteiger partial charge >= 0.3 is 0 Å². The van der Waals surface area contributed by atoms with E-state index in [9.17, 15) is 9.18 Å². The predicted molar refractivity (Wildman–Crippen MR) is 148 cm³/mol. The van der Waals surface area contributed by atoms with E-state index < -0.39 is 5.82 Å². The van der Waals surface area contributed by atoms with E-state index in [1.165, 1.54) is 28.1 Å². The molecule has 37 heavy (non-hydrogen) atoms. The van der Waals surface area contributed by atoms with E-state index in [-0.39, 0.29) is 18.3 Å². The Hall–Kier alpha value is -3.59. The highest BCUT2D eigenvalue weighted by molar-refractivity contribution is 7.22. The van der Waals surface area contributed by atoms with Crippen molar-refractivity contribution >= 4 is 43.8 Å². The van der Waals surface area contributed by atoms with Gasteiger partial charge in [-0.15, -0.1) is 22.7 Å².